The second-order valence-electron chi connectivity index (χ2n) is 5.55. The van der Waals surface area contributed by atoms with Crippen molar-refractivity contribution in [3.05, 3.63) is 34.9 Å². The maximum Gasteiger partial charge on any atom is 0.0717 e. The lowest BCUT2D eigenvalue weighted by atomic mass is 9.99. The lowest BCUT2D eigenvalue weighted by Gasteiger charge is -2.18. The second-order valence-corrected chi connectivity index (χ2v) is 5.55. The Labute approximate surface area is 93.5 Å². The van der Waals surface area contributed by atoms with Crippen molar-refractivity contribution < 1.29 is 4.74 Å². The van der Waals surface area contributed by atoms with Gasteiger partial charge in [-0.1, -0.05) is 50.1 Å². The molecule has 0 spiro atoms. The van der Waals surface area contributed by atoms with Crippen molar-refractivity contribution in [2.24, 2.45) is 5.41 Å². The van der Waals surface area contributed by atoms with Crippen molar-refractivity contribution in [3.8, 4) is 0 Å². The summed E-state index contributed by atoms with van der Waals surface area (Å²) < 4.78 is 5.69. The van der Waals surface area contributed by atoms with Crippen LogP contribution in [0.3, 0.4) is 0 Å². The molecule has 0 aliphatic heterocycles. The van der Waals surface area contributed by atoms with Gasteiger partial charge in [-0.2, -0.15) is 0 Å². The van der Waals surface area contributed by atoms with Crippen LogP contribution in [-0.4, -0.2) is 6.61 Å². The van der Waals surface area contributed by atoms with Crippen LogP contribution >= 0.6 is 0 Å². The standard InChI is InChI=1S/C14H22O/c1-11-6-12(2)8-13(7-11)9-15-10-14(3,4)5/h6-8H,9-10H2,1-5H3. The number of benzene rings is 1. The van der Waals surface area contributed by atoms with Crippen LogP contribution in [0.25, 0.3) is 0 Å². The van der Waals surface area contributed by atoms with E-state index in [2.05, 4.69) is 52.8 Å². The Morgan fingerprint density at radius 1 is 1.00 bits per heavy atom. The molecule has 1 aromatic rings. The summed E-state index contributed by atoms with van der Waals surface area (Å²) in [6.45, 7) is 12.3. The van der Waals surface area contributed by atoms with Crippen LogP contribution in [0.15, 0.2) is 18.2 Å². The molecule has 1 rings (SSSR count). The molecule has 0 bridgehead atoms. The van der Waals surface area contributed by atoms with E-state index in [1.54, 1.807) is 0 Å². The van der Waals surface area contributed by atoms with Gasteiger partial charge in [-0.05, 0) is 24.8 Å². The fraction of sp³-hybridized carbons (Fsp3) is 0.571. The third-order valence-electron chi connectivity index (χ3n) is 2.09. The summed E-state index contributed by atoms with van der Waals surface area (Å²) in [6.07, 6.45) is 0. The molecule has 0 heterocycles. The molecule has 0 N–H and O–H groups in total. The third-order valence-corrected chi connectivity index (χ3v) is 2.09. The largest absolute Gasteiger partial charge is 0.376 e. The highest BCUT2D eigenvalue weighted by Crippen LogP contribution is 2.15. The maximum absolute atomic E-state index is 5.69. The Morgan fingerprint density at radius 3 is 2.00 bits per heavy atom. The van der Waals surface area contributed by atoms with Crippen molar-refractivity contribution in [1.29, 1.82) is 0 Å². The molecule has 84 valence electrons. The van der Waals surface area contributed by atoms with E-state index in [4.69, 9.17) is 4.74 Å². The molecule has 0 radical (unpaired) electrons. The molecule has 0 aliphatic carbocycles. The van der Waals surface area contributed by atoms with Gasteiger partial charge >= 0.3 is 0 Å². The Hall–Kier alpha value is -0.820. The molecule has 0 fully saturated rings. The van der Waals surface area contributed by atoms with E-state index < -0.39 is 0 Å². The van der Waals surface area contributed by atoms with Crippen LogP contribution in [0.1, 0.15) is 37.5 Å². The molecule has 0 saturated carbocycles. The van der Waals surface area contributed by atoms with E-state index in [-0.39, 0.29) is 5.41 Å². The molecular weight excluding hydrogens is 184 g/mol. The zero-order valence-electron chi connectivity index (χ0n) is 10.6. The van der Waals surface area contributed by atoms with Crippen LogP contribution in [0, 0.1) is 19.3 Å². The van der Waals surface area contributed by atoms with E-state index in [1.807, 2.05) is 0 Å². The first-order valence-corrected chi connectivity index (χ1v) is 5.52. The SMILES string of the molecule is Cc1cc(C)cc(COCC(C)(C)C)c1. The predicted octanol–water partition coefficient (Wildman–Crippen LogP) is 3.87. The number of ether oxygens (including phenoxy) is 1. The zero-order chi connectivity index (χ0) is 11.5. The summed E-state index contributed by atoms with van der Waals surface area (Å²) in [5.41, 5.74) is 4.14. The van der Waals surface area contributed by atoms with Crippen LogP contribution in [-0.2, 0) is 11.3 Å². The van der Waals surface area contributed by atoms with Gasteiger partial charge in [-0.3, -0.25) is 0 Å². The van der Waals surface area contributed by atoms with E-state index in [9.17, 15) is 0 Å². The molecule has 0 atom stereocenters. The van der Waals surface area contributed by atoms with Gasteiger partial charge in [-0.25, -0.2) is 0 Å². The fourth-order valence-electron chi connectivity index (χ4n) is 1.63. The Kier molecular flexibility index (Phi) is 3.92. The van der Waals surface area contributed by atoms with Gasteiger partial charge in [0, 0.05) is 0 Å². The topological polar surface area (TPSA) is 9.23 Å². The molecule has 1 aromatic carbocycles. The van der Waals surface area contributed by atoms with Crippen LogP contribution in [0.2, 0.25) is 0 Å². The van der Waals surface area contributed by atoms with Gasteiger partial charge in [0.15, 0.2) is 0 Å². The normalized spacial score (nSPS) is 11.8. The van der Waals surface area contributed by atoms with Gasteiger partial charge < -0.3 is 4.74 Å². The maximum atomic E-state index is 5.69. The molecule has 1 heteroatoms. The van der Waals surface area contributed by atoms with Gasteiger partial charge in [0.25, 0.3) is 0 Å². The minimum absolute atomic E-state index is 0.249. The molecule has 0 aromatic heterocycles. The lowest BCUT2D eigenvalue weighted by molar-refractivity contribution is 0.0598. The van der Waals surface area contributed by atoms with E-state index in [0.717, 1.165) is 13.2 Å². The lowest BCUT2D eigenvalue weighted by Crippen LogP contribution is -2.14. The highest BCUT2D eigenvalue weighted by atomic mass is 16.5. The summed E-state index contributed by atoms with van der Waals surface area (Å²) >= 11 is 0. The number of rotatable bonds is 3. The average Bonchev–Trinajstić information content (AvgIpc) is 1.99. The summed E-state index contributed by atoms with van der Waals surface area (Å²) in [7, 11) is 0. The van der Waals surface area contributed by atoms with Crippen molar-refractivity contribution >= 4 is 0 Å². The summed E-state index contributed by atoms with van der Waals surface area (Å²) in [5.74, 6) is 0. The summed E-state index contributed by atoms with van der Waals surface area (Å²) in [5, 5.41) is 0. The van der Waals surface area contributed by atoms with Crippen LogP contribution < -0.4 is 0 Å². The molecule has 0 aliphatic rings. The van der Waals surface area contributed by atoms with Crippen molar-refractivity contribution in [2.75, 3.05) is 6.61 Å². The van der Waals surface area contributed by atoms with E-state index in [0.29, 0.717) is 0 Å². The minimum Gasteiger partial charge on any atom is -0.376 e. The number of aryl methyl sites for hydroxylation is 2. The fourth-order valence-corrected chi connectivity index (χ4v) is 1.63. The highest BCUT2D eigenvalue weighted by molar-refractivity contribution is 5.27. The molecule has 1 nitrogen and oxygen atoms in total. The average molecular weight is 206 g/mol. The van der Waals surface area contributed by atoms with Gasteiger partial charge in [-0.15, -0.1) is 0 Å². The molecular formula is C14H22O. The van der Waals surface area contributed by atoms with Gasteiger partial charge in [0.2, 0.25) is 0 Å². The molecule has 0 amide bonds. The van der Waals surface area contributed by atoms with Crippen LogP contribution in [0.4, 0.5) is 0 Å². The Bertz CT molecular complexity index is 300. The summed E-state index contributed by atoms with van der Waals surface area (Å²) in [4.78, 5) is 0. The molecule has 0 unspecified atom stereocenters. The van der Waals surface area contributed by atoms with E-state index in [1.165, 1.54) is 16.7 Å². The van der Waals surface area contributed by atoms with Crippen LogP contribution in [0.5, 0.6) is 0 Å². The minimum atomic E-state index is 0.249. The number of hydrogen-bond donors (Lipinski definition) is 0. The first-order valence-electron chi connectivity index (χ1n) is 5.52. The van der Waals surface area contributed by atoms with Gasteiger partial charge in [0.1, 0.15) is 0 Å². The van der Waals surface area contributed by atoms with Gasteiger partial charge in [0.05, 0.1) is 13.2 Å². The Morgan fingerprint density at radius 2 is 1.53 bits per heavy atom. The molecule has 15 heavy (non-hydrogen) atoms. The monoisotopic (exact) mass is 206 g/mol. The Balaban J connectivity index is 2.51. The number of hydrogen-bond acceptors (Lipinski definition) is 1. The van der Waals surface area contributed by atoms with E-state index >= 15 is 0 Å². The predicted molar refractivity (Wildman–Crippen MR) is 65.0 cm³/mol. The second kappa shape index (κ2) is 4.80. The van der Waals surface area contributed by atoms with Crippen molar-refractivity contribution in [2.45, 2.75) is 41.2 Å². The first kappa shape index (κ1) is 12.3. The van der Waals surface area contributed by atoms with Crippen molar-refractivity contribution in [1.82, 2.24) is 0 Å². The summed E-state index contributed by atoms with van der Waals surface area (Å²) in [6, 6.07) is 6.57. The highest BCUT2D eigenvalue weighted by Gasteiger charge is 2.09. The zero-order valence-corrected chi connectivity index (χ0v) is 10.6. The van der Waals surface area contributed by atoms with Crippen molar-refractivity contribution in [3.63, 3.8) is 0 Å². The third kappa shape index (κ3) is 4.98. The quantitative estimate of drug-likeness (QED) is 0.729. The molecule has 0 saturated heterocycles. The smallest absolute Gasteiger partial charge is 0.0717 e. The first-order chi connectivity index (χ1) is 6.87.